The summed E-state index contributed by atoms with van der Waals surface area (Å²) in [5, 5.41) is 2.01. The molecule has 2 unspecified atom stereocenters. The Kier molecular flexibility index (Phi) is 5.27. The van der Waals surface area contributed by atoms with E-state index in [0.29, 0.717) is 11.8 Å². The number of likely N-dealkylation sites (tertiary alicyclic amines) is 1. The van der Waals surface area contributed by atoms with E-state index in [0.717, 1.165) is 35.4 Å². The first-order valence-electron chi connectivity index (χ1n) is 9.56. The van der Waals surface area contributed by atoms with E-state index in [2.05, 4.69) is 29.1 Å². The fraction of sp³-hybridized carbons (Fsp3) is 0.476. The lowest BCUT2D eigenvalue weighted by Gasteiger charge is -2.28. The molecule has 0 saturated carbocycles. The standard InChI is InChI=1S/C21H27N3OS/c1-24-11-2-4-17(24)8-6-15-10-12-25-19-14-16(7-9-18(15)19)23-21(22)20-5-3-13-26-20/h3,5,7,9,13-15,17H,2,4,6,8,10-12H2,1H3,(H2,22,23). The number of nitrogens with zero attached hydrogens (tertiary/aromatic N) is 2. The second kappa shape index (κ2) is 7.80. The predicted octanol–water partition coefficient (Wildman–Crippen LogP) is 4.53. The van der Waals surface area contributed by atoms with Gasteiger partial charge in [-0.25, -0.2) is 4.99 Å². The van der Waals surface area contributed by atoms with Gasteiger partial charge in [-0.15, -0.1) is 11.3 Å². The van der Waals surface area contributed by atoms with E-state index >= 15 is 0 Å². The van der Waals surface area contributed by atoms with Gasteiger partial charge in [-0.3, -0.25) is 0 Å². The predicted molar refractivity (Wildman–Crippen MR) is 109 cm³/mol. The van der Waals surface area contributed by atoms with E-state index in [1.165, 1.54) is 37.8 Å². The van der Waals surface area contributed by atoms with Gasteiger partial charge in [0.05, 0.1) is 17.2 Å². The van der Waals surface area contributed by atoms with Crippen LogP contribution in [0.15, 0.2) is 40.7 Å². The molecule has 2 aliphatic rings. The van der Waals surface area contributed by atoms with Crippen LogP contribution in [0.4, 0.5) is 5.69 Å². The molecule has 1 saturated heterocycles. The Morgan fingerprint density at radius 3 is 3.00 bits per heavy atom. The van der Waals surface area contributed by atoms with Crippen LogP contribution in [-0.2, 0) is 0 Å². The minimum absolute atomic E-state index is 0.566. The van der Waals surface area contributed by atoms with Crippen molar-refractivity contribution in [2.45, 2.75) is 44.1 Å². The first-order valence-corrected chi connectivity index (χ1v) is 10.4. The number of benzene rings is 1. The summed E-state index contributed by atoms with van der Waals surface area (Å²) in [4.78, 5) is 8.09. The van der Waals surface area contributed by atoms with Gasteiger partial charge in [-0.2, -0.15) is 0 Å². The number of nitrogens with two attached hydrogens (primary N) is 1. The summed E-state index contributed by atoms with van der Waals surface area (Å²) in [6.45, 7) is 2.05. The molecule has 4 nitrogen and oxygen atoms in total. The summed E-state index contributed by atoms with van der Waals surface area (Å²) in [6, 6.07) is 11.1. The lowest BCUT2D eigenvalue weighted by Crippen LogP contribution is -2.25. The summed E-state index contributed by atoms with van der Waals surface area (Å²) in [5.74, 6) is 2.15. The Morgan fingerprint density at radius 1 is 1.31 bits per heavy atom. The van der Waals surface area contributed by atoms with Crippen LogP contribution in [0, 0.1) is 0 Å². The first kappa shape index (κ1) is 17.6. The SMILES string of the molecule is CN1CCCC1CCC1CCOc2cc(N=C(N)c3cccs3)ccc21. The maximum atomic E-state index is 6.12. The van der Waals surface area contributed by atoms with Crippen molar-refractivity contribution in [2.24, 2.45) is 10.7 Å². The number of thiophene rings is 1. The van der Waals surface area contributed by atoms with Crippen molar-refractivity contribution in [1.82, 2.24) is 4.90 Å². The van der Waals surface area contributed by atoms with Crippen LogP contribution < -0.4 is 10.5 Å². The van der Waals surface area contributed by atoms with Crippen LogP contribution >= 0.6 is 11.3 Å². The number of fused-ring (bicyclic) bond motifs is 1. The van der Waals surface area contributed by atoms with E-state index in [1.807, 2.05) is 23.6 Å². The fourth-order valence-corrected chi connectivity index (χ4v) is 4.80. The van der Waals surface area contributed by atoms with Crippen LogP contribution in [0.1, 0.15) is 48.5 Å². The Hall–Kier alpha value is -1.85. The van der Waals surface area contributed by atoms with Gasteiger partial charge in [-0.05, 0) is 74.7 Å². The van der Waals surface area contributed by atoms with Gasteiger partial charge >= 0.3 is 0 Å². The fourth-order valence-electron chi connectivity index (χ4n) is 4.18. The molecule has 0 aliphatic carbocycles. The molecular weight excluding hydrogens is 342 g/mol. The topological polar surface area (TPSA) is 50.8 Å². The third-order valence-corrected chi connectivity index (χ3v) is 6.60. The van der Waals surface area contributed by atoms with Crippen LogP contribution in [0.25, 0.3) is 0 Å². The normalized spacial score (nSPS) is 23.7. The van der Waals surface area contributed by atoms with E-state index in [1.54, 1.807) is 11.3 Å². The van der Waals surface area contributed by atoms with Gasteiger partial charge in [0.25, 0.3) is 0 Å². The average molecular weight is 370 g/mol. The van der Waals surface area contributed by atoms with Gasteiger partial charge in [0.2, 0.25) is 0 Å². The highest BCUT2D eigenvalue weighted by Crippen LogP contribution is 2.39. The van der Waals surface area contributed by atoms with Crippen molar-refractivity contribution < 1.29 is 4.74 Å². The molecule has 2 aromatic rings. The molecule has 26 heavy (non-hydrogen) atoms. The Bertz CT molecular complexity index is 772. The number of ether oxygens (including phenoxy) is 1. The summed E-state index contributed by atoms with van der Waals surface area (Å²) < 4.78 is 5.94. The number of amidine groups is 1. The van der Waals surface area contributed by atoms with Crippen molar-refractivity contribution >= 4 is 22.9 Å². The molecule has 0 radical (unpaired) electrons. The molecule has 4 rings (SSSR count). The van der Waals surface area contributed by atoms with Crippen LogP contribution in [0.2, 0.25) is 0 Å². The molecule has 2 atom stereocenters. The maximum absolute atomic E-state index is 6.12. The van der Waals surface area contributed by atoms with E-state index in [-0.39, 0.29) is 0 Å². The summed E-state index contributed by atoms with van der Waals surface area (Å²) >= 11 is 1.61. The van der Waals surface area contributed by atoms with Crippen LogP contribution in [0.5, 0.6) is 5.75 Å². The minimum Gasteiger partial charge on any atom is -0.493 e. The molecule has 0 bridgehead atoms. The third kappa shape index (κ3) is 3.79. The van der Waals surface area contributed by atoms with Gasteiger partial charge < -0.3 is 15.4 Å². The van der Waals surface area contributed by atoms with Crippen LogP contribution in [0.3, 0.4) is 0 Å². The zero-order valence-corrected chi connectivity index (χ0v) is 16.2. The number of rotatable bonds is 5. The molecule has 138 valence electrons. The van der Waals surface area contributed by atoms with Crippen molar-refractivity contribution in [2.75, 3.05) is 20.2 Å². The number of hydrogen-bond acceptors (Lipinski definition) is 4. The summed E-state index contributed by atoms with van der Waals surface area (Å²) in [7, 11) is 2.26. The lowest BCUT2D eigenvalue weighted by molar-refractivity contribution is 0.244. The Labute approximate surface area is 159 Å². The monoisotopic (exact) mass is 369 g/mol. The quantitative estimate of drug-likeness (QED) is 0.622. The largest absolute Gasteiger partial charge is 0.493 e. The molecule has 1 aromatic carbocycles. The van der Waals surface area contributed by atoms with Gasteiger partial charge in [0, 0.05) is 12.1 Å². The molecule has 5 heteroatoms. The van der Waals surface area contributed by atoms with Crippen molar-refractivity contribution in [3.63, 3.8) is 0 Å². The van der Waals surface area contributed by atoms with Crippen molar-refractivity contribution in [3.05, 3.63) is 46.2 Å². The highest BCUT2D eigenvalue weighted by atomic mass is 32.1. The molecule has 0 amide bonds. The zero-order valence-electron chi connectivity index (χ0n) is 15.4. The van der Waals surface area contributed by atoms with E-state index < -0.39 is 0 Å². The van der Waals surface area contributed by atoms with Crippen molar-refractivity contribution in [1.29, 1.82) is 0 Å². The first-order chi connectivity index (χ1) is 12.7. The second-order valence-corrected chi connectivity index (χ2v) is 8.33. The molecule has 0 spiro atoms. The molecule has 1 aromatic heterocycles. The van der Waals surface area contributed by atoms with Gasteiger partial charge in [0.1, 0.15) is 11.6 Å². The maximum Gasteiger partial charge on any atom is 0.141 e. The zero-order chi connectivity index (χ0) is 17.9. The highest BCUT2D eigenvalue weighted by molar-refractivity contribution is 7.12. The number of aliphatic imine (C=N–C) groups is 1. The van der Waals surface area contributed by atoms with Crippen LogP contribution in [-0.4, -0.2) is 37.0 Å². The average Bonchev–Trinajstić information content (AvgIpc) is 3.31. The van der Waals surface area contributed by atoms with Gasteiger partial charge in [0.15, 0.2) is 0 Å². The molecule has 2 N–H and O–H groups in total. The highest BCUT2D eigenvalue weighted by Gasteiger charge is 2.26. The van der Waals surface area contributed by atoms with E-state index in [4.69, 9.17) is 10.5 Å². The summed E-state index contributed by atoms with van der Waals surface area (Å²) in [6.07, 6.45) is 6.33. The second-order valence-electron chi connectivity index (χ2n) is 7.38. The molecular formula is C21H27N3OS. The smallest absolute Gasteiger partial charge is 0.141 e. The molecule has 2 aliphatic heterocycles. The number of hydrogen-bond donors (Lipinski definition) is 1. The Balaban J connectivity index is 1.48. The Morgan fingerprint density at radius 2 is 2.23 bits per heavy atom. The van der Waals surface area contributed by atoms with Crippen molar-refractivity contribution in [3.8, 4) is 5.75 Å². The lowest BCUT2D eigenvalue weighted by atomic mass is 9.87. The molecule has 1 fully saturated rings. The van der Waals surface area contributed by atoms with Gasteiger partial charge in [-0.1, -0.05) is 12.1 Å². The minimum atomic E-state index is 0.566. The van der Waals surface area contributed by atoms with E-state index in [9.17, 15) is 0 Å². The summed E-state index contributed by atoms with van der Waals surface area (Å²) in [5.41, 5.74) is 8.33. The molecule has 3 heterocycles. The third-order valence-electron chi connectivity index (χ3n) is 5.70.